The fraction of sp³-hybridized carbons (Fsp3) is 0.417. The minimum absolute atomic E-state index is 0.0133. The molecule has 0 aliphatic heterocycles. The van der Waals surface area contributed by atoms with Crippen LogP contribution in [0.2, 0.25) is 0 Å². The largest absolute Gasteiger partial charge is 0.398 e. The SMILES string of the molecule is Cc1cc(N)c2c(c1)CCCC2C#N. The minimum Gasteiger partial charge on any atom is -0.398 e. The summed E-state index contributed by atoms with van der Waals surface area (Å²) in [6.07, 6.45) is 3.13. The fourth-order valence-electron chi connectivity index (χ4n) is 2.30. The van der Waals surface area contributed by atoms with E-state index in [2.05, 4.69) is 12.1 Å². The molecule has 0 bridgehead atoms. The van der Waals surface area contributed by atoms with Gasteiger partial charge in [-0.1, -0.05) is 6.07 Å². The van der Waals surface area contributed by atoms with E-state index in [4.69, 9.17) is 11.0 Å². The number of hydrogen-bond acceptors (Lipinski definition) is 2. The number of nitrogen functional groups attached to an aromatic ring is 1. The van der Waals surface area contributed by atoms with E-state index in [-0.39, 0.29) is 5.92 Å². The number of aryl methyl sites for hydroxylation is 2. The lowest BCUT2D eigenvalue weighted by Gasteiger charge is -2.22. The van der Waals surface area contributed by atoms with Gasteiger partial charge in [-0.3, -0.25) is 0 Å². The molecule has 0 amide bonds. The molecule has 1 unspecified atom stereocenters. The van der Waals surface area contributed by atoms with Gasteiger partial charge in [-0.05, 0) is 48.9 Å². The summed E-state index contributed by atoms with van der Waals surface area (Å²) in [4.78, 5) is 0. The quantitative estimate of drug-likeness (QED) is 0.633. The maximum Gasteiger partial charge on any atom is 0.0735 e. The van der Waals surface area contributed by atoms with E-state index in [1.165, 1.54) is 11.1 Å². The van der Waals surface area contributed by atoms with E-state index in [0.717, 1.165) is 30.5 Å². The maximum absolute atomic E-state index is 9.03. The molecule has 2 rings (SSSR count). The summed E-state index contributed by atoms with van der Waals surface area (Å²) < 4.78 is 0. The molecule has 0 fully saturated rings. The van der Waals surface area contributed by atoms with Crippen molar-refractivity contribution >= 4 is 5.69 Å². The predicted octanol–water partition coefficient (Wildman–Crippen LogP) is 2.52. The molecule has 1 aromatic rings. The van der Waals surface area contributed by atoms with Crippen LogP contribution in [-0.2, 0) is 6.42 Å². The molecule has 0 saturated carbocycles. The van der Waals surface area contributed by atoms with Crippen LogP contribution in [-0.4, -0.2) is 0 Å². The van der Waals surface area contributed by atoms with E-state index in [9.17, 15) is 0 Å². The Kier molecular flexibility index (Phi) is 2.17. The number of rotatable bonds is 0. The smallest absolute Gasteiger partial charge is 0.0735 e. The molecule has 1 atom stereocenters. The maximum atomic E-state index is 9.03. The van der Waals surface area contributed by atoms with Crippen molar-refractivity contribution in [1.82, 2.24) is 0 Å². The lowest BCUT2D eigenvalue weighted by atomic mass is 9.82. The van der Waals surface area contributed by atoms with Crippen molar-refractivity contribution in [2.75, 3.05) is 5.73 Å². The molecule has 0 heterocycles. The van der Waals surface area contributed by atoms with E-state index < -0.39 is 0 Å². The highest BCUT2D eigenvalue weighted by molar-refractivity contribution is 5.57. The summed E-state index contributed by atoms with van der Waals surface area (Å²) >= 11 is 0. The predicted molar refractivity (Wildman–Crippen MR) is 56.9 cm³/mol. The molecular weight excluding hydrogens is 172 g/mol. The summed E-state index contributed by atoms with van der Waals surface area (Å²) in [7, 11) is 0. The first-order valence-electron chi connectivity index (χ1n) is 5.01. The number of fused-ring (bicyclic) bond motifs is 1. The highest BCUT2D eigenvalue weighted by atomic mass is 14.6. The summed E-state index contributed by atoms with van der Waals surface area (Å²) in [6.45, 7) is 2.05. The van der Waals surface area contributed by atoms with Crippen LogP contribution in [0.25, 0.3) is 0 Å². The second-order valence-electron chi connectivity index (χ2n) is 4.00. The van der Waals surface area contributed by atoms with Crippen LogP contribution in [0, 0.1) is 18.3 Å². The van der Waals surface area contributed by atoms with Crippen LogP contribution in [0.15, 0.2) is 12.1 Å². The number of nitrogens with zero attached hydrogens (tertiary/aromatic N) is 1. The van der Waals surface area contributed by atoms with Crippen LogP contribution in [0.1, 0.15) is 35.4 Å². The normalized spacial score (nSPS) is 19.9. The van der Waals surface area contributed by atoms with Crippen molar-refractivity contribution in [1.29, 1.82) is 5.26 Å². The first-order valence-corrected chi connectivity index (χ1v) is 5.01. The zero-order valence-corrected chi connectivity index (χ0v) is 8.38. The Bertz CT molecular complexity index is 402. The first kappa shape index (κ1) is 9.08. The lowest BCUT2D eigenvalue weighted by molar-refractivity contribution is 0.638. The van der Waals surface area contributed by atoms with E-state index in [0.29, 0.717) is 0 Å². The third kappa shape index (κ3) is 1.35. The topological polar surface area (TPSA) is 49.8 Å². The van der Waals surface area contributed by atoms with Gasteiger partial charge in [-0.15, -0.1) is 0 Å². The fourth-order valence-corrected chi connectivity index (χ4v) is 2.30. The van der Waals surface area contributed by atoms with Gasteiger partial charge < -0.3 is 5.73 Å². The van der Waals surface area contributed by atoms with Gasteiger partial charge in [0.05, 0.1) is 12.0 Å². The number of anilines is 1. The van der Waals surface area contributed by atoms with Crippen molar-refractivity contribution in [2.45, 2.75) is 32.1 Å². The van der Waals surface area contributed by atoms with Crippen LogP contribution >= 0.6 is 0 Å². The third-order valence-electron chi connectivity index (χ3n) is 2.89. The average molecular weight is 186 g/mol. The highest BCUT2D eigenvalue weighted by Crippen LogP contribution is 2.35. The van der Waals surface area contributed by atoms with Crippen molar-refractivity contribution in [3.05, 3.63) is 28.8 Å². The molecular formula is C12H14N2. The highest BCUT2D eigenvalue weighted by Gasteiger charge is 2.22. The van der Waals surface area contributed by atoms with Crippen molar-refractivity contribution in [3.8, 4) is 6.07 Å². The van der Waals surface area contributed by atoms with Crippen LogP contribution in [0.5, 0.6) is 0 Å². The van der Waals surface area contributed by atoms with Crippen molar-refractivity contribution < 1.29 is 0 Å². The zero-order chi connectivity index (χ0) is 10.1. The van der Waals surface area contributed by atoms with Gasteiger partial charge in [-0.25, -0.2) is 0 Å². The number of benzene rings is 1. The Morgan fingerprint density at radius 1 is 1.50 bits per heavy atom. The van der Waals surface area contributed by atoms with E-state index >= 15 is 0 Å². The Balaban J connectivity index is 2.58. The summed E-state index contributed by atoms with van der Waals surface area (Å²) in [5.74, 6) is 0.0133. The Labute approximate surface area is 84.3 Å². The Morgan fingerprint density at radius 2 is 2.29 bits per heavy atom. The number of hydrogen-bond donors (Lipinski definition) is 1. The van der Waals surface area contributed by atoms with E-state index in [1.54, 1.807) is 0 Å². The second kappa shape index (κ2) is 3.34. The molecule has 0 saturated heterocycles. The van der Waals surface area contributed by atoms with Crippen molar-refractivity contribution in [3.63, 3.8) is 0 Å². The van der Waals surface area contributed by atoms with Crippen LogP contribution < -0.4 is 5.73 Å². The monoisotopic (exact) mass is 186 g/mol. The molecule has 1 aromatic carbocycles. The molecule has 0 aromatic heterocycles. The Hall–Kier alpha value is -1.49. The van der Waals surface area contributed by atoms with Gasteiger partial charge in [0.1, 0.15) is 0 Å². The molecule has 2 N–H and O–H groups in total. The zero-order valence-electron chi connectivity index (χ0n) is 8.38. The molecule has 1 aliphatic rings. The molecule has 0 radical (unpaired) electrons. The molecule has 0 spiro atoms. The third-order valence-corrected chi connectivity index (χ3v) is 2.89. The summed E-state index contributed by atoms with van der Waals surface area (Å²) in [5, 5.41) is 9.03. The van der Waals surface area contributed by atoms with Crippen LogP contribution in [0.4, 0.5) is 5.69 Å². The van der Waals surface area contributed by atoms with Crippen molar-refractivity contribution in [2.24, 2.45) is 0 Å². The van der Waals surface area contributed by atoms with Crippen LogP contribution in [0.3, 0.4) is 0 Å². The van der Waals surface area contributed by atoms with Gasteiger partial charge >= 0.3 is 0 Å². The van der Waals surface area contributed by atoms with Gasteiger partial charge in [0.25, 0.3) is 0 Å². The average Bonchev–Trinajstić information content (AvgIpc) is 2.16. The molecule has 72 valence electrons. The van der Waals surface area contributed by atoms with E-state index in [1.807, 2.05) is 13.0 Å². The van der Waals surface area contributed by atoms with Gasteiger partial charge in [-0.2, -0.15) is 5.26 Å². The summed E-state index contributed by atoms with van der Waals surface area (Å²) in [6, 6.07) is 6.47. The first-order chi connectivity index (χ1) is 6.72. The molecule has 2 heteroatoms. The summed E-state index contributed by atoms with van der Waals surface area (Å²) in [5.41, 5.74) is 10.3. The minimum atomic E-state index is 0.0133. The molecule has 2 nitrogen and oxygen atoms in total. The van der Waals surface area contributed by atoms with Gasteiger partial charge in [0.15, 0.2) is 0 Å². The van der Waals surface area contributed by atoms with Gasteiger partial charge in [0, 0.05) is 5.69 Å². The lowest BCUT2D eigenvalue weighted by Crippen LogP contribution is -2.11. The number of nitrogens with two attached hydrogens (primary N) is 1. The molecule has 14 heavy (non-hydrogen) atoms. The second-order valence-corrected chi connectivity index (χ2v) is 4.00. The molecule has 1 aliphatic carbocycles. The Morgan fingerprint density at radius 3 is 3.00 bits per heavy atom. The standard InChI is InChI=1S/C12H14N2/c1-8-5-9-3-2-4-10(7-13)12(9)11(14)6-8/h5-6,10H,2-4,14H2,1H3. The number of nitriles is 1. The van der Waals surface area contributed by atoms with Gasteiger partial charge in [0.2, 0.25) is 0 Å².